The minimum absolute atomic E-state index is 0.146. The van der Waals surface area contributed by atoms with Gasteiger partial charge in [-0.15, -0.1) is 23.1 Å². The number of hydrogen-bond donors (Lipinski definition) is 3. The average Bonchev–Trinajstić information content (AvgIpc) is 3.36. The van der Waals surface area contributed by atoms with Gasteiger partial charge in [-0.1, -0.05) is 18.9 Å². The molecule has 1 heterocycles. The molecule has 2 aromatic rings. The maximum atomic E-state index is 12.4. The molecule has 5 nitrogen and oxygen atoms in total. The Morgan fingerprint density at radius 3 is 2.61 bits per heavy atom. The number of anilines is 1. The maximum absolute atomic E-state index is 12.4. The van der Waals surface area contributed by atoms with Crippen LogP contribution in [0.2, 0.25) is 0 Å². The van der Waals surface area contributed by atoms with Crippen molar-refractivity contribution in [1.29, 1.82) is 0 Å². The van der Waals surface area contributed by atoms with Crippen LogP contribution in [0.4, 0.5) is 5.69 Å². The Morgan fingerprint density at radius 2 is 1.96 bits per heavy atom. The highest BCUT2D eigenvalue weighted by molar-refractivity contribution is 7.98. The Kier molecular flexibility index (Phi) is 6.80. The van der Waals surface area contributed by atoms with Crippen LogP contribution in [0.1, 0.15) is 48.5 Å². The Bertz CT molecular complexity index is 842. The van der Waals surface area contributed by atoms with Crippen molar-refractivity contribution in [3.63, 3.8) is 0 Å². The molecule has 28 heavy (non-hydrogen) atoms. The lowest BCUT2D eigenvalue weighted by Gasteiger charge is -2.28. The third-order valence-corrected chi connectivity index (χ3v) is 7.47. The Hall–Kier alpha value is -1.83. The van der Waals surface area contributed by atoms with Crippen molar-refractivity contribution in [2.75, 3.05) is 18.1 Å². The lowest BCUT2D eigenvalue weighted by atomic mass is 9.84. The summed E-state index contributed by atoms with van der Waals surface area (Å²) in [5, 5.41) is 15.3. The first-order valence-corrected chi connectivity index (χ1v) is 11.5. The zero-order valence-corrected chi connectivity index (χ0v) is 17.8. The van der Waals surface area contributed by atoms with Crippen LogP contribution in [-0.4, -0.2) is 29.7 Å². The van der Waals surface area contributed by atoms with Gasteiger partial charge in [0.2, 0.25) is 0 Å². The quantitative estimate of drug-likeness (QED) is 0.488. The van der Waals surface area contributed by atoms with Gasteiger partial charge in [-0.2, -0.15) is 0 Å². The highest BCUT2D eigenvalue weighted by Gasteiger charge is 2.37. The molecule has 1 saturated carbocycles. The molecule has 1 atom stereocenters. The van der Waals surface area contributed by atoms with Crippen LogP contribution in [0.15, 0.2) is 41.3 Å². The van der Waals surface area contributed by atoms with Gasteiger partial charge in [0.05, 0.1) is 6.10 Å². The number of thiophene rings is 1. The van der Waals surface area contributed by atoms with Gasteiger partial charge in [0, 0.05) is 32.3 Å². The molecule has 3 rings (SSSR count). The van der Waals surface area contributed by atoms with E-state index in [1.165, 1.54) is 4.88 Å². The minimum Gasteiger partial charge on any atom is -0.388 e. The van der Waals surface area contributed by atoms with Crippen molar-refractivity contribution < 1.29 is 14.7 Å². The molecule has 0 bridgehead atoms. The predicted molar refractivity (Wildman–Crippen MR) is 115 cm³/mol. The molecule has 1 aromatic heterocycles. The molecule has 0 spiro atoms. The number of aliphatic hydroxyl groups excluding tert-OH is 1. The first-order chi connectivity index (χ1) is 13.4. The third-order valence-electron chi connectivity index (χ3n) is 5.24. The van der Waals surface area contributed by atoms with Crippen LogP contribution < -0.4 is 10.6 Å². The number of thioether (sulfide) groups is 1. The lowest BCUT2D eigenvalue weighted by molar-refractivity contribution is -0.136. The van der Waals surface area contributed by atoms with E-state index in [-0.39, 0.29) is 5.41 Å². The molecule has 2 amide bonds. The van der Waals surface area contributed by atoms with Crippen molar-refractivity contribution in [1.82, 2.24) is 5.32 Å². The molecule has 1 fully saturated rings. The van der Waals surface area contributed by atoms with E-state index in [0.29, 0.717) is 12.2 Å². The smallest absolute Gasteiger partial charge is 0.313 e. The molecule has 150 valence electrons. The van der Waals surface area contributed by atoms with Gasteiger partial charge < -0.3 is 15.7 Å². The summed E-state index contributed by atoms with van der Waals surface area (Å²) in [5.74, 6) is -1.27. The fraction of sp³-hybridized carbons (Fsp3) is 0.429. The topological polar surface area (TPSA) is 78.4 Å². The normalized spacial score (nSPS) is 16.5. The van der Waals surface area contributed by atoms with E-state index >= 15 is 0 Å². The molecule has 7 heteroatoms. The van der Waals surface area contributed by atoms with Gasteiger partial charge >= 0.3 is 11.8 Å². The summed E-state index contributed by atoms with van der Waals surface area (Å²) < 4.78 is 0. The van der Waals surface area contributed by atoms with Crippen LogP contribution in [-0.2, 0) is 15.0 Å². The van der Waals surface area contributed by atoms with Crippen LogP contribution in [0.25, 0.3) is 0 Å². The summed E-state index contributed by atoms with van der Waals surface area (Å²) in [6, 6.07) is 11.4. The summed E-state index contributed by atoms with van der Waals surface area (Å²) in [4.78, 5) is 27.8. The van der Waals surface area contributed by atoms with Crippen LogP contribution in [0.5, 0.6) is 0 Å². The predicted octanol–water partition coefficient (Wildman–Crippen LogP) is 4.09. The van der Waals surface area contributed by atoms with Crippen molar-refractivity contribution in [3.8, 4) is 0 Å². The number of rotatable bonds is 6. The highest BCUT2D eigenvalue weighted by atomic mass is 32.2. The van der Waals surface area contributed by atoms with Gasteiger partial charge in [0.25, 0.3) is 0 Å². The second-order valence-corrected chi connectivity index (χ2v) is 9.23. The second-order valence-electron chi connectivity index (χ2n) is 7.23. The van der Waals surface area contributed by atoms with Crippen LogP contribution >= 0.6 is 23.1 Å². The SMILES string of the molecule is CSc1cccc(NC(=O)C(=O)NCC2(c3ccc([C@H](C)O)s3)CCCC2)c1. The molecule has 0 radical (unpaired) electrons. The summed E-state index contributed by atoms with van der Waals surface area (Å²) in [6.07, 6.45) is 5.63. The fourth-order valence-corrected chi connectivity index (χ4v) is 5.29. The van der Waals surface area contributed by atoms with E-state index < -0.39 is 17.9 Å². The van der Waals surface area contributed by atoms with Crippen molar-refractivity contribution in [2.45, 2.75) is 49.0 Å². The van der Waals surface area contributed by atoms with E-state index in [1.807, 2.05) is 30.5 Å². The molecule has 1 aromatic carbocycles. The zero-order chi connectivity index (χ0) is 20.1. The van der Waals surface area contributed by atoms with Crippen LogP contribution in [0, 0.1) is 0 Å². The number of hydrogen-bond acceptors (Lipinski definition) is 5. The number of carbonyl (C=O) groups excluding carboxylic acids is 2. The molecular weight excluding hydrogens is 392 g/mol. The van der Waals surface area contributed by atoms with Crippen molar-refractivity contribution in [3.05, 3.63) is 46.2 Å². The summed E-state index contributed by atoms with van der Waals surface area (Å²) in [6.45, 7) is 2.19. The zero-order valence-electron chi connectivity index (χ0n) is 16.2. The number of aliphatic hydroxyl groups is 1. The Morgan fingerprint density at radius 1 is 1.21 bits per heavy atom. The minimum atomic E-state index is -0.651. The summed E-state index contributed by atoms with van der Waals surface area (Å²) in [5.41, 5.74) is 0.467. The number of benzene rings is 1. The van der Waals surface area contributed by atoms with E-state index in [0.717, 1.165) is 35.5 Å². The molecule has 3 N–H and O–H groups in total. The van der Waals surface area contributed by atoms with Gasteiger partial charge in [0.15, 0.2) is 0 Å². The first kappa shape index (κ1) is 20.9. The Labute approximate surface area is 173 Å². The Balaban J connectivity index is 1.64. The van der Waals surface area contributed by atoms with E-state index in [1.54, 1.807) is 36.1 Å². The molecule has 0 saturated heterocycles. The van der Waals surface area contributed by atoms with Crippen molar-refractivity contribution >= 4 is 40.6 Å². The van der Waals surface area contributed by atoms with Gasteiger partial charge in [-0.3, -0.25) is 9.59 Å². The van der Waals surface area contributed by atoms with Crippen LogP contribution in [0.3, 0.4) is 0 Å². The van der Waals surface area contributed by atoms with Crippen molar-refractivity contribution in [2.24, 2.45) is 0 Å². The van der Waals surface area contributed by atoms with Gasteiger partial charge in [0.1, 0.15) is 0 Å². The summed E-state index contributed by atoms with van der Waals surface area (Å²) in [7, 11) is 0. The average molecular weight is 419 g/mol. The molecule has 0 aliphatic heterocycles. The standard InChI is InChI=1S/C21H26N2O3S2/c1-14(24)17-8-9-18(28-17)21(10-3-4-11-21)13-22-19(25)20(26)23-15-6-5-7-16(12-15)27-2/h5-9,12,14,24H,3-4,10-11,13H2,1-2H3,(H,22,25)(H,23,26)/t14-/m0/s1. The highest BCUT2D eigenvalue weighted by Crippen LogP contribution is 2.44. The largest absolute Gasteiger partial charge is 0.388 e. The third kappa shape index (κ3) is 4.77. The monoisotopic (exact) mass is 418 g/mol. The van der Waals surface area contributed by atoms with E-state index in [9.17, 15) is 14.7 Å². The molecule has 1 aliphatic carbocycles. The van der Waals surface area contributed by atoms with E-state index in [4.69, 9.17) is 0 Å². The first-order valence-electron chi connectivity index (χ1n) is 9.45. The fourth-order valence-electron chi connectivity index (χ4n) is 3.64. The second kappa shape index (κ2) is 9.11. The summed E-state index contributed by atoms with van der Waals surface area (Å²) >= 11 is 3.18. The maximum Gasteiger partial charge on any atom is 0.313 e. The number of nitrogens with one attached hydrogen (secondary N) is 2. The van der Waals surface area contributed by atoms with Gasteiger partial charge in [-0.05, 0) is 56.4 Å². The van der Waals surface area contributed by atoms with Gasteiger partial charge in [-0.25, -0.2) is 0 Å². The number of carbonyl (C=O) groups is 2. The number of amides is 2. The molecule has 0 unspecified atom stereocenters. The molecular formula is C21H26N2O3S2. The lowest BCUT2D eigenvalue weighted by Crippen LogP contribution is -2.43. The molecule has 1 aliphatic rings. The van der Waals surface area contributed by atoms with E-state index in [2.05, 4.69) is 16.7 Å².